The molecule has 0 aliphatic rings. The lowest BCUT2D eigenvalue weighted by atomic mass is 10.3. The summed E-state index contributed by atoms with van der Waals surface area (Å²) in [6, 6.07) is 10.6. The summed E-state index contributed by atoms with van der Waals surface area (Å²) >= 11 is 0. The second-order valence-corrected chi connectivity index (χ2v) is 5.30. The molecular formula is C17H14FN5. The molecule has 0 radical (unpaired) electrons. The van der Waals surface area contributed by atoms with Gasteiger partial charge in [0, 0.05) is 24.3 Å². The van der Waals surface area contributed by atoms with Gasteiger partial charge in [0.05, 0.1) is 12.2 Å². The van der Waals surface area contributed by atoms with Crippen LogP contribution in [0.3, 0.4) is 0 Å². The van der Waals surface area contributed by atoms with Crippen LogP contribution in [0, 0.1) is 12.9 Å². The van der Waals surface area contributed by atoms with E-state index in [1.54, 1.807) is 18.3 Å². The first-order chi connectivity index (χ1) is 11.2. The van der Waals surface area contributed by atoms with E-state index in [9.17, 15) is 4.39 Å². The highest BCUT2D eigenvalue weighted by Gasteiger charge is 2.13. The van der Waals surface area contributed by atoms with Crippen LogP contribution in [-0.4, -0.2) is 23.9 Å². The molecule has 0 aliphatic carbocycles. The van der Waals surface area contributed by atoms with Gasteiger partial charge in [0.15, 0.2) is 5.82 Å². The fraction of sp³-hybridized carbons (Fsp3) is 0.118. The molecule has 0 saturated carbocycles. The van der Waals surface area contributed by atoms with E-state index in [-0.39, 0.29) is 0 Å². The van der Waals surface area contributed by atoms with Crippen LogP contribution in [0.2, 0.25) is 0 Å². The number of fused-ring (bicyclic) bond motifs is 1. The van der Waals surface area contributed by atoms with Crippen molar-refractivity contribution in [1.29, 1.82) is 0 Å². The molecule has 0 spiro atoms. The molecule has 0 amide bonds. The van der Waals surface area contributed by atoms with Crippen LogP contribution in [0.25, 0.3) is 17.2 Å². The minimum absolute atomic E-state index is 0.511. The lowest BCUT2D eigenvalue weighted by molar-refractivity contribution is 0.584. The summed E-state index contributed by atoms with van der Waals surface area (Å²) in [6.45, 7) is 2.59. The standard InChI is InChI=1S/C17H14FN5/c1-12-14(21-16-7-2-3-9-23(12)16)11-22-10-8-19-17(22)13-5-4-6-15(18)20-13/h2-10H,11H2,1H3. The van der Waals surface area contributed by atoms with Crippen molar-refractivity contribution in [2.45, 2.75) is 13.5 Å². The number of hydrogen-bond acceptors (Lipinski definition) is 3. The number of imidazole rings is 2. The number of aromatic nitrogens is 5. The van der Waals surface area contributed by atoms with Gasteiger partial charge in [-0.3, -0.25) is 0 Å². The number of hydrogen-bond donors (Lipinski definition) is 0. The number of nitrogens with zero attached hydrogens (tertiary/aromatic N) is 5. The predicted octanol–water partition coefficient (Wildman–Crippen LogP) is 3.09. The highest BCUT2D eigenvalue weighted by atomic mass is 19.1. The third-order valence-corrected chi connectivity index (χ3v) is 3.85. The average Bonchev–Trinajstić information content (AvgIpc) is 3.14. The first kappa shape index (κ1) is 13.6. The number of rotatable bonds is 3. The van der Waals surface area contributed by atoms with Gasteiger partial charge >= 0.3 is 0 Å². The minimum atomic E-state index is -0.513. The summed E-state index contributed by atoms with van der Waals surface area (Å²) in [5, 5.41) is 0. The quantitative estimate of drug-likeness (QED) is 0.546. The molecule has 4 heterocycles. The molecule has 0 aliphatic heterocycles. The number of halogens is 1. The highest BCUT2D eigenvalue weighted by molar-refractivity contribution is 5.50. The Labute approximate surface area is 132 Å². The molecule has 4 aromatic heterocycles. The van der Waals surface area contributed by atoms with Crippen LogP contribution in [0.1, 0.15) is 11.4 Å². The Bertz CT molecular complexity index is 985. The normalized spacial score (nSPS) is 11.2. The molecule has 0 bridgehead atoms. The SMILES string of the molecule is Cc1c(Cn2ccnc2-c2cccc(F)n2)nc2ccccn12. The zero-order chi connectivity index (χ0) is 15.8. The number of aryl methyl sites for hydroxylation is 1. The van der Waals surface area contributed by atoms with Gasteiger partial charge in [-0.1, -0.05) is 12.1 Å². The molecule has 5 nitrogen and oxygen atoms in total. The molecule has 0 saturated heterocycles. The summed E-state index contributed by atoms with van der Waals surface area (Å²) < 4.78 is 17.3. The van der Waals surface area contributed by atoms with Crippen LogP contribution in [0.4, 0.5) is 4.39 Å². The first-order valence-corrected chi connectivity index (χ1v) is 7.29. The lowest BCUT2D eigenvalue weighted by Crippen LogP contribution is -2.04. The van der Waals surface area contributed by atoms with Crippen LogP contribution in [0.5, 0.6) is 0 Å². The van der Waals surface area contributed by atoms with E-state index in [0.717, 1.165) is 17.0 Å². The van der Waals surface area contributed by atoms with E-state index >= 15 is 0 Å². The molecule has 0 unspecified atom stereocenters. The van der Waals surface area contributed by atoms with E-state index in [4.69, 9.17) is 0 Å². The molecule has 114 valence electrons. The Kier molecular flexibility index (Phi) is 3.15. The maximum absolute atomic E-state index is 13.4. The summed E-state index contributed by atoms with van der Waals surface area (Å²) in [7, 11) is 0. The Morgan fingerprint density at radius 1 is 1.04 bits per heavy atom. The predicted molar refractivity (Wildman–Crippen MR) is 84.4 cm³/mol. The zero-order valence-corrected chi connectivity index (χ0v) is 12.5. The van der Waals surface area contributed by atoms with E-state index in [2.05, 4.69) is 15.0 Å². The van der Waals surface area contributed by atoms with Crippen LogP contribution in [-0.2, 0) is 6.54 Å². The van der Waals surface area contributed by atoms with Gasteiger partial charge in [0.1, 0.15) is 11.3 Å². The second-order valence-electron chi connectivity index (χ2n) is 5.30. The summed E-state index contributed by atoms with van der Waals surface area (Å²) in [6.07, 6.45) is 5.53. The van der Waals surface area contributed by atoms with Gasteiger partial charge in [0.2, 0.25) is 5.95 Å². The zero-order valence-electron chi connectivity index (χ0n) is 12.5. The fourth-order valence-electron chi connectivity index (χ4n) is 2.68. The van der Waals surface area contributed by atoms with E-state index in [1.807, 2.05) is 46.5 Å². The smallest absolute Gasteiger partial charge is 0.213 e. The van der Waals surface area contributed by atoms with Crippen molar-refractivity contribution in [3.8, 4) is 11.5 Å². The largest absolute Gasteiger partial charge is 0.324 e. The maximum Gasteiger partial charge on any atom is 0.213 e. The molecular weight excluding hydrogens is 293 g/mol. The van der Waals surface area contributed by atoms with E-state index in [0.29, 0.717) is 18.1 Å². The molecule has 23 heavy (non-hydrogen) atoms. The second kappa shape index (κ2) is 5.31. The lowest BCUT2D eigenvalue weighted by Gasteiger charge is -2.06. The van der Waals surface area contributed by atoms with Gasteiger partial charge in [-0.2, -0.15) is 4.39 Å². The summed E-state index contributed by atoms with van der Waals surface area (Å²) in [5.74, 6) is 0.113. The van der Waals surface area contributed by atoms with Gasteiger partial charge in [-0.05, 0) is 31.2 Å². The van der Waals surface area contributed by atoms with Crippen LogP contribution in [0.15, 0.2) is 55.0 Å². The van der Waals surface area contributed by atoms with E-state index < -0.39 is 5.95 Å². The van der Waals surface area contributed by atoms with Crippen LogP contribution < -0.4 is 0 Å². The van der Waals surface area contributed by atoms with Gasteiger partial charge in [-0.15, -0.1) is 0 Å². The molecule has 0 atom stereocenters. The molecule has 0 fully saturated rings. The van der Waals surface area contributed by atoms with Crippen LogP contribution >= 0.6 is 0 Å². The Morgan fingerprint density at radius 2 is 1.96 bits per heavy atom. The monoisotopic (exact) mass is 307 g/mol. The minimum Gasteiger partial charge on any atom is -0.324 e. The molecule has 4 aromatic rings. The molecule has 0 N–H and O–H groups in total. The van der Waals surface area contributed by atoms with Crippen molar-refractivity contribution in [2.75, 3.05) is 0 Å². The molecule has 4 rings (SSSR count). The van der Waals surface area contributed by atoms with Crippen molar-refractivity contribution in [2.24, 2.45) is 0 Å². The third kappa shape index (κ3) is 2.38. The van der Waals surface area contributed by atoms with Gasteiger partial charge < -0.3 is 8.97 Å². The number of pyridine rings is 2. The van der Waals surface area contributed by atoms with E-state index in [1.165, 1.54) is 6.07 Å². The first-order valence-electron chi connectivity index (χ1n) is 7.29. The average molecular weight is 307 g/mol. The van der Waals surface area contributed by atoms with Gasteiger partial charge in [0.25, 0.3) is 0 Å². The van der Waals surface area contributed by atoms with Crippen molar-refractivity contribution < 1.29 is 4.39 Å². The Balaban J connectivity index is 1.75. The topological polar surface area (TPSA) is 48.0 Å². The summed E-state index contributed by atoms with van der Waals surface area (Å²) in [4.78, 5) is 12.9. The molecule has 0 aromatic carbocycles. The van der Waals surface area contributed by atoms with Crippen molar-refractivity contribution in [3.63, 3.8) is 0 Å². The Morgan fingerprint density at radius 3 is 2.78 bits per heavy atom. The fourth-order valence-corrected chi connectivity index (χ4v) is 2.68. The van der Waals surface area contributed by atoms with Crippen molar-refractivity contribution >= 4 is 5.65 Å². The third-order valence-electron chi connectivity index (χ3n) is 3.85. The van der Waals surface area contributed by atoms with Crippen molar-refractivity contribution in [1.82, 2.24) is 23.9 Å². The Hall–Kier alpha value is -3.02. The summed E-state index contributed by atoms with van der Waals surface area (Å²) in [5.41, 5.74) is 3.45. The maximum atomic E-state index is 13.4. The van der Waals surface area contributed by atoms with Crippen molar-refractivity contribution in [3.05, 3.63) is 72.3 Å². The van der Waals surface area contributed by atoms with Gasteiger partial charge in [-0.25, -0.2) is 15.0 Å². The molecule has 6 heteroatoms. The highest BCUT2D eigenvalue weighted by Crippen LogP contribution is 2.18.